The Labute approximate surface area is 94.8 Å². The van der Waals surface area contributed by atoms with Crippen LogP contribution in [0.25, 0.3) is 0 Å². The van der Waals surface area contributed by atoms with Crippen molar-refractivity contribution >= 4 is 11.6 Å². The van der Waals surface area contributed by atoms with Crippen LogP contribution in [0.4, 0.5) is 0 Å². The van der Waals surface area contributed by atoms with Gasteiger partial charge in [0, 0.05) is 6.54 Å². The second-order valence-electron chi connectivity index (χ2n) is 3.51. The molecule has 0 aromatic heterocycles. The van der Waals surface area contributed by atoms with Crippen molar-refractivity contribution in [1.82, 2.24) is 0 Å². The van der Waals surface area contributed by atoms with E-state index in [2.05, 4.69) is 0 Å². The van der Waals surface area contributed by atoms with Gasteiger partial charge in [0.15, 0.2) is 0 Å². The van der Waals surface area contributed by atoms with E-state index in [9.17, 15) is 5.11 Å². The maximum Gasteiger partial charge on any atom is 0.140 e. The Hall–Kier alpha value is -0.770. The summed E-state index contributed by atoms with van der Waals surface area (Å²) in [6.07, 6.45) is -0.674. The largest absolute Gasteiger partial charge is 0.495 e. The van der Waals surface area contributed by atoms with Crippen molar-refractivity contribution < 1.29 is 9.84 Å². The van der Waals surface area contributed by atoms with Crippen LogP contribution in [-0.4, -0.2) is 18.8 Å². The van der Waals surface area contributed by atoms with Crippen molar-refractivity contribution in [2.75, 3.05) is 13.7 Å². The molecule has 0 fully saturated rings. The number of rotatable bonds is 3. The molecule has 3 N–H and O–H groups in total. The molecule has 0 saturated carbocycles. The van der Waals surface area contributed by atoms with Gasteiger partial charge in [-0.05, 0) is 36.6 Å². The number of aryl methyl sites for hydroxylation is 1. The van der Waals surface area contributed by atoms with Crippen molar-refractivity contribution in [3.8, 4) is 5.75 Å². The molecule has 1 aromatic carbocycles. The summed E-state index contributed by atoms with van der Waals surface area (Å²) in [5.74, 6) is 0.655. The van der Waals surface area contributed by atoms with Crippen LogP contribution in [0.1, 0.15) is 22.8 Å². The lowest BCUT2D eigenvalue weighted by molar-refractivity contribution is 0.186. The van der Waals surface area contributed by atoms with Gasteiger partial charge in [-0.3, -0.25) is 0 Å². The van der Waals surface area contributed by atoms with E-state index in [1.54, 1.807) is 7.11 Å². The van der Waals surface area contributed by atoms with Gasteiger partial charge in [0.1, 0.15) is 5.75 Å². The third-order valence-electron chi connectivity index (χ3n) is 2.48. The van der Waals surface area contributed by atoms with E-state index in [1.165, 1.54) is 0 Å². The zero-order valence-electron chi connectivity index (χ0n) is 9.17. The highest BCUT2D eigenvalue weighted by Crippen LogP contribution is 2.35. The second kappa shape index (κ2) is 4.84. The molecular weight excluding hydrogens is 214 g/mol. The zero-order valence-corrected chi connectivity index (χ0v) is 9.93. The van der Waals surface area contributed by atoms with Gasteiger partial charge in [0.25, 0.3) is 0 Å². The van der Waals surface area contributed by atoms with Crippen LogP contribution in [0, 0.1) is 13.8 Å². The molecule has 0 saturated heterocycles. The molecule has 0 radical (unpaired) electrons. The van der Waals surface area contributed by atoms with Gasteiger partial charge >= 0.3 is 0 Å². The van der Waals surface area contributed by atoms with Gasteiger partial charge in [0.2, 0.25) is 0 Å². The Bertz CT molecular complexity index is 366. The van der Waals surface area contributed by atoms with E-state index in [0.717, 1.165) is 16.7 Å². The van der Waals surface area contributed by atoms with Crippen molar-refractivity contribution in [3.63, 3.8) is 0 Å². The normalized spacial score (nSPS) is 12.7. The molecular formula is C11H16ClNO2. The number of hydrogen-bond donors (Lipinski definition) is 2. The lowest BCUT2D eigenvalue weighted by atomic mass is 10.00. The molecule has 0 amide bonds. The van der Waals surface area contributed by atoms with Crippen LogP contribution in [0.15, 0.2) is 6.07 Å². The Balaban J connectivity index is 3.33. The van der Waals surface area contributed by atoms with E-state index < -0.39 is 6.10 Å². The first-order chi connectivity index (χ1) is 7.02. The highest BCUT2D eigenvalue weighted by molar-refractivity contribution is 6.33. The van der Waals surface area contributed by atoms with Crippen LogP contribution in [0.5, 0.6) is 5.75 Å². The molecule has 84 valence electrons. The molecule has 1 aromatic rings. The van der Waals surface area contributed by atoms with Gasteiger partial charge in [-0.15, -0.1) is 0 Å². The lowest BCUT2D eigenvalue weighted by Gasteiger charge is -2.17. The summed E-state index contributed by atoms with van der Waals surface area (Å²) >= 11 is 6.13. The molecule has 0 aliphatic heterocycles. The smallest absolute Gasteiger partial charge is 0.140 e. The highest BCUT2D eigenvalue weighted by atomic mass is 35.5. The monoisotopic (exact) mass is 229 g/mol. The molecule has 1 atom stereocenters. The zero-order chi connectivity index (χ0) is 11.6. The number of aliphatic hydroxyl groups excluding tert-OH is 1. The number of benzene rings is 1. The lowest BCUT2D eigenvalue weighted by Crippen LogP contribution is -2.13. The quantitative estimate of drug-likeness (QED) is 0.833. The maximum absolute atomic E-state index is 9.70. The predicted molar refractivity (Wildman–Crippen MR) is 61.5 cm³/mol. The fourth-order valence-corrected chi connectivity index (χ4v) is 1.94. The fraction of sp³-hybridized carbons (Fsp3) is 0.455. The first kappa shape index (κ1) is 12.3. The number of hydrogen-bond acceptors (Lipinski definition) is 3. The molecule has 0 aliphatic carbocycles. The average Bonchev–Trinajstić information content (AvgIpc) is 2.23. The topological polar surface area (TPSA) is 55.5 Å². The average molecular weight is 230 g/mol. The minimum Gasteiger partial charge on any atom is -0.495 e. The summed E-state index contributed by atoms with van der Waals surface area (Å²) in [5, 5.41) is 10.2. The fourth-order valence-electron chi connectivity index (χ4n) is 1.60. The summed E-state index contributed by atoms with van der Waals surface area (Å²) in [6.45, 7) is 3.92. The maximum atomic E-state index is 9.70. The summed E-state index contributed by atoms with van der Waals surface area (Å²) < 4.78 is 5.18. The third-order valence-corrected chi connectivity index (χ3v) is 2.93. The SMILES string of the molecule is COc1c(C)cc(C(O)CN)c(C)c1Cl. The van der Waals surface area contributed by atoms with Crippen molar-refractivity contribution in [3.05, 3.63) is 27.8 Å². The van der Waals surface area contributed by atoms with E-state index >= 15 is 0 Å². The number of aliphatic hydroxyl groups is 1. The van der Waals surface area contributed by atoms with E-state index in [1.807, 2.05) is 19.9 Å². The summed E-state index contributed by atoms with van der Waals surface area (Å²) in [4.78, 5) is 0. The van der Waals surface area contributed by atoms with Crippen LogP contribution in [0.2, 0.25) is 5.02 Å². The molecule has 3 nitrogen and oxygen atoms in total. The molecule has 4 heteroatoms. The number of ether oxygens (including phenoxy) is 1. The molecule has 0 bridgehead atoms. The molecule has 15 heavy (non-hydrogen) atoms. The second-order valence-corrected chi connectivity index (χ2v) is 3.88. The molecule has 0 spiro atoms. The standard InChI is InChI=1S/C11H16ClNO2/c1-6-4-8(9(14)5-13)7(2)10(12)11(6)15-3/h4,9,14H,5,13H2,1-3H3. The minimum absolute atomic E-state index is 0.183. The Morgan fingerprint density at radius 3 is 2.60 bits per heavy atom. The van der Waals surface area contributed by atoms with Gasteiger partial charge in [-0.25, -0.2) is 0 Å². The molecule has 1 unspecified atom stereocenters. The van der Waals surface area contributed by atoms with Crippen LogP contribution < -0.4 is 10.5 Å². The predicted octanol–water partition coefficient (Wildman–Crippen LogP) is 1.96. The van der Waals surface area contributed by atoms with Crippen LogP contribution >= 0.6 is 11.6 Å². The number of methoxy groups -OCH3 is 1. The van der Waals surface area contributed by atoms with E-state index in [-0.39, 0.29) is 6.54 Å². The molecule has 0 aliphatic rings. The summed E-state index contributed by atoms with van der Waals surface area (Å²) in [6, 6.07) is 1.86. The van der Waals surface area contributed by atoms with Gasteiger partial charge < -0.3 is 15.6 Å². The van der Waals surface area contributed by atoms with Gasteiger partial charge in [-0.2, -0.15) is 0 Å². The third kappa shape index (κ3) is 2.25. The Morgan fingerprint density at radius 2 is 2.13 bits per heavy atom. The van der Waals surface area contributed by atoms with Crippen LogP contribution in [0.3, 0.4) is 0 Å². The minimum atomic E-state index is -0.674. The van der Waals surface area contributed by atoms with Crippen molar-refractivity contribution in [2.45, 2.75) is 20.0 Å². The van der Waals surface area contributed by atoms with E-state index in [0.29, 0.717) is 10.8 Å². The molecule has 0 heterocycles. The Morgan fingerprint density at radius 1 is 1.53 bits per heavy atom. The van der Waals surface area contributed by atoms with Crippen molar-refractivity contribution in [1.29, 1.82) is 0 Å². The first-order valence-electron chi connectivity index (χ1n) is 4.74. The summed E-state index contributed by atoms with van der Waals surface area (Å²) in [7, 11) is 1.58. The molecule has 1 rings (SSSR count). The van der Waals surface area contributed by atoms with Crippen LogP contribution in [-0.2, 0) is 0 Å². The van der Waals surface area contributed by atoms with Crippen molar-refractivity contribution in [2.24, 2.45) is 5.73 Å². The Kier molecular flexibility index (Phi) is 3.97. The van der Waals surface area contributed by atoms with E-state index in [4.69, 9.17) is 22.1 Å². The number of halogens is 1. The van der Waals surface area contributed by atoms with Gasteiger partial charge in [0.05, 0.1) is 18.2 Å². The number of nitrogens with two attached hydrogens (primary N) is 1. The van der Waals surface area contributed by atoms with Gasteiger partial charge in [-0.1, -0.05) is 11.6 Å². The first-order valence-corrected chi connectivity index (χ1v) is 5.12. The summed E-state index contributed by atoms with van der Waals surface area (Å²) in [5.41, 5.74) is 7.90. The highest BCUT2D eigenvalue weighted by Gasteiger charge is 2.16.